The summed E-state index contributed by atoms with van der Waals surface area (Å²) in [6.45, 7) is 11.3. The number of rotatable bonds is 4. The van der Waals surface area contributed by atoms with Crippen LogP contribution in [0.5, 0.6) is 0 Å². The zero-order chi connectivity index (χ0) is 19.1. The summed E-state index contributed by atoms with van der Waals surface area (Å²) in [5.41, 5.74) is 9.66. The summed E-state index contributed by atoms with van der Waals surface area (Å²) in [6.07, 6.45) is 4.62. The van der Waals surface area contributed by atoms with Crippen LogP contribution in [-0.4, -0.2) is 0 Å². The Morgan fingerprint density at radius 2 is 1.73 bits per heavy atom. The number of halogens is 2. The van der Waals surface area contributed by atoms with Gasteiger partial charge in [-0.15, -0.1) is 0 Å². The quantitative estimate of drug-likeness (QED) is 0.428. The van der Waals surface area contributed by atoms with Crippen molar-refractivity contribution in [3.63, 3.8) is 0 Å². The monoisotopic (exact) mass is 463 g/mol. The van der Waals surface area contributed by atoms with Crippen molar-refractivity contribution in [3.05, 3.63) is 64.2 Å². The van der Waals surface area contributed by atoms with Gasteiger partial charge in [0.05, 0.1) is 0 Å². The molecule has 0 nitrogen and oxygen atoms in total. The molecule has 0 radical (unpaired) electrons. The third-order valence-corrected chi connectivity index (χ3v) is 10.6. The van der Waals surface area contributed by atoms with Crippen LogP contribution >= 0.6 is 17.0 Å². The van der Waals surface area contributed by atoms with Gasteiger partial charge in [-0.2, -0.15) is 0 Å². The van der Waals surface area contributed by atoms with E-state index in [1.54, 1.807) is 0 Å². The minimum absolute atomic E-state index is 0.0764. The van der Waals surface area contributed by atoms with Crippen molar-refractivity contribution in [1.82, 2.24) is 0 Å². The Morgan fingerprint density at radius 1 is 1.04 bits per heavy atom. The predicted octanol–water partition coefficient (Wildman–Crippen LogP) is 8.12. The number of allylic oxidation sites excluding steroid dienone is 1. The molecule has 0 amide bonds. The predicted molar refractivity (Wildman–Crippen MR) is 113 cm³/mol. The average molecular weight is 466 g/mol. The molecule has 0 N–H and O–H groups in total. The fraction of sp³-hybridized carbons (Fsp3) is 0.391. The van der Waals surface area contributed by atoms with E-state index in [0.717, 1.165) is 12.8 Å². The van der Waals surface area contributed by atoms with Crippen LogP contribution < -0.4 is 0 Å². The Balaban J connectivity index is 2.34. The van der Waals surface area contributed by atoms with E-state index in [0.29, 0.717) is 3.63 Å². The van der Waals surface area contributed by atoms with Crippen LogP contribution in [0, 0.1) is 6.92 Å². The molecular weight excluding hydrogens is 438 g/mol. The Morgan fingerprint density at radius 3 is 2.31 bits per heavy atom. The normalized spacial score (nSPS) is 16.4. The summed E-state index contributed by atoms with van der Waals surface area (Å²) >= 11 is -2.46. The van der Waals surface area contributed by atoms with E-state index in [9.17, 15) is 0 Å². The van der Waals surface area contributed by atoms with Gasteiger partial charge in [-0.25, -0.2) is 0 Å². The molecule has 0 aliphatic heterocycles. The Hall–Kier alpha value is -0.357. The van der Waals surface area contributed by atoms with Gasteiger partial charge < -0.3 is 0 Å². The molecule has 0 bridgehead atoms. The van der Waals surface area contributed by atoms with E-state index in [1.807, 2.05) is 0 Å². The molecule has 137 valence electrons. The number of benzene rings is 2. The second kappa shape index (κ2) is 7.94. The molecule has 0 fully saturated rings. The third-order valence-electron chi connectivity index (χ3n) is 5.27. The average Bonchev–Trinajstić information content (AvgIpc) is 2.92. The van der Waals surface area contributed by atoms with Gasteiger partial charge in [0, 0.05) is 0 Å². The van der Waals surface area contributed by atoms with E-state index in [-0.39, 0.29) is 5.41 Å². The first kappa shape index (κ1) is 20.4. The Kier molecular flexibility index (Phi) is 6.23. The van der Waals surface area contributed by atoms with Crippen LogP contribution in [0.1, 0.15) is 66.4 Å². The van der Waals surface area contributed by atoms with E-state index in [1.165, 1.54) is 39.0 Å². The molecule has 26 heavy (non-hydrogen) atoms. The molecule has 1 aliphatic carbocycles. The summed E-state index contributed by atoms with van der Waals surface area (Å²) < 4.78 is 0.299. The molecule has 1 unspecified atom stereocenters. The number of hydrogen-bond donors (Lipinski definition) is 0. The summed E-state index contributed by atoms with van der Waals surface area (Å²) in [7, 11) is 13.2. The SMILES string of the molecule is CCCC1=Cc2c(ccc(C(C)(C)C)c2-c2ccccc2C)[CH]1[Zr]([Cl])[Cl]. The first-order valence-corrected chi connectivity index (χ1v) is 17.1. The topological polar surface area (TPSA) is 0 Å². The molecule has 0 heterocycles. The van der Waals surface area contributed by atoms with Crippen LogP contribution in [0.15, 0.2) is 42.0 Å². The molecule has 3 heteroatoms. The molecule has 1 aliphatic rings. The van der Waals surface area contributed by atoms with Crippen molar-refractivity contribution < 1.29 is 19.4 Å². The van der Waals surface area contributed by atoms with Gasteiger partial charge in [0.2, 0.25) is 0 Å². The molecule has 1 atom stereocenters. The molecule has 0 saturated carbocycles. The Labute approximate surface area is 173 Å². The van der Waals surface area contributed by atoms with E-state index in [2.05, 4.69) is 77.1 Å². The van der Waals surface area contributed by atoms with Crippen molar-refractivity contribution in [1.29, 1.82) is 0 Å². The fourth-order valence-corrected chi connectivity index (χ4v) is 9.54. The molecule has 0 saturated heterocycles. The zero-order valence-electron chi connectivity index (χ0n) is 16.3. The van der Waals surface area contributed by atoms with Crippen molar-refractivity contribution >= 4 is 23.1 Å². The maximum absolute atomic E-state index is 6.62. The second-order valence-electron chi connectivity index (χ2n) is 8.25. The van der Waals surface area contributed by atoms with E-state index in [4.69, 9.17) is 17.0 Å². The van der Waals surface area contributed by atoms with Crippen LogP contribution in [0.2, 0.25) is 0 Å². The summed E-state index contributed by atoms with van der Waals surface area (Å²) in [5, 5.41) is 0. The van der Waals surface area contributed by atoms with Crippen LogP contribution in [0.4, 0.5) is 0 Å². The third kappa shape index (κ3) is 3.78. The first-order valence-electron chi connectivity index (χ1n) is 9.37. The van der Waals surface area contributed by atoms with E-state index < -0.39 is 19.4 Å². The molecule has 2 aromatic carbocycles. The standard InChI is InChI=1S/C23H27.2ClH.Zr/c1-6-9-17-14-18-12-13-21(23(3,4)5)22(20(18)15-17)19-11-8-7-10-16(19)2;;;/h7-8,10-15H,6,9H2,1-5H3;2*1H;/q;;;+2/p-2. The van der Waals surface area contributed by atoms with Gasteiger partial charge in [0.1, 0.15) is 0 Å². The summed E-state index contributed by atoms with van der Waals surface area (Å²) in [5.74, 6) is 0. The number of hydrogen-bond acceptors (Lipinski definition) is 0. The summed E-state index contributed by atoms with van der Waals surface area (Å²) in [4.78, 5) is 0. The maximum atomic E-state index is 6.62. The number of aryl methyl sites for hydroxylation is 1. The molecule has 2 aromatic rings. The minimum atomic E-state index is -2.46. The van der Waals surface area contributed by atoms with Crippen LogP contribution in [-0.2, 0) is 24.8 Å². The molecule has 3 rings (SSSR count). The van der Waals surface area contributed by atoms with Gasteiger partial charge >= 0.3 is 174 Å². The fourth-order valence-electron chi connectivity index (χ4n) is 4.04. The van der Waals surface area contributed by atoms with Gasteiger partial charge in [-0.05, 0) is 0 Å². The van der Waals surface area contributed by atoms with Gasteiger partial charge in [-0.1, -0.05) is 0 Å². The number of fused-ring (bicyclic) bond motifs is 1. The molecule has 0 aromatic heterocycles. The second-order valence-corrected chi connectivity index (χ2v) is 17.1. The van der Waals surface area contributed by atoms with Gasteiger partial charge in [0.25, 0.3) is 0 Å². The van der Waals surface area contributed by atoms with Crippen molar-refractivity contribution in [2.75, 3.05) is 0 Å². The first-order chi connectivity index (χ1) is 12.3. The molecule has 0 spiro atoms. The van der Waals surface area contributed by atoms with Gasteiger partial charge in [-0.3, -0.25) is 0 Å². The van der Waals surface area contributed by atoms with Crippen LogP contribution in [0.3, 0.4) is 0 Å². The van der Waals surface area contributed by atoms with Crippen LogP contribution in [0.25, 0.3) is 17.2 Å². The van der Waals surface area contributed by atoms with E-state index >= 15 is 0 Å². The summed E-state index contributed by atoms with van der Waals surface area (Å²) in [6, 6.07) is 13.3. The Bertz CT molecular complexity index is 844. The van der Waals surface area contributed by atoms with Crippen molar-refractivity contribution in [2.45, 2.75) is 56.5 Å². The molecular formula is C23H27Cl2Zr. The van der Waals surface area contributed by atoms with Gasteiger partial charge in [0.15, 0.2) is 0 Å². The van der Waals surface area contributed by atoms with Crippen molar-refractivity contribution in [2.24, 2.45) is 0 Å². The van der Waals surface area contributed by atoms with Crippen molar-refractivity contribution in [3.8, 4) is 11.1 Å². The zero-order valence-corrected chi connectivity index (χ0v) is 20.3.